The van der Waals surface area contributed by atoms with E-state index < -0.39 is 0 Å². The lowest BCUT2D eigenvalue weighted by molar-refractivity contribution is -0.128. The van der Waals surface area contributed by atoms with Gasteiger partial charge < -0.3 is 9.42 Å². The van der Waals surface area contributed by atoms with Crippen LogP contribution in [0.3, 0.4) is 0 Å². The molecule has 0 unspecified atom stereocenters. The SMILES string of the molecule is O=C1Cc2cccn2C(=O)N1CCCN1CCC(c2noc3ccccc23)CC1. The van der Waals surface area contributed by atoms with Crippen LogP contribution in [-0.2, 0) is 11.2 Å². The van der Waals surface area contributed by atoms with Gasteiger partial charge in [-0.25, -0.2) is 4.79 Å². The highest BCUT2D eigenvalue weighted by molar-refractivity contribution is 5.99. The van der Waals surface area contributed by atoms with Gasteiger partial charge in [0.05, 0.1) is 12.1 Å². The van der Waals surface area contributed by atoms with E-state index in [1.807, 2.05) is 30.3 Å². The zero-order chi connectivity index (χ0) is 19.8. The third kappa shape index (κ3) is 3.35. The van der Waals surface area contributed by atoms with Crippen molar-refractivity contribution in [1.29, 1.82) is 0 Å². The molecular formula is C22H24N4O3. The molecule has 1 aromatic carbocycles. The van der Waals surface area contributed by atoms with E-state index in [1.165, 1.54) is 4.90 Å². The van der Waals surface area contributed by atoms with E-state index in [9.17, 15) is 9.59 Å². The van der Waals surface area contributed by atoms with Gasteiger partial charge in [0, 0.05) is 29.7 Å². The van der Waals surface area contributed by atoms with Crippen molar-refractivity contribution in [2.24, 2.45) is 0 Å². The van der Waals surface area contributed by atoms with Crippen LogP contribution in [0.2, 0.25) is 0 Å². The molecule has 1 fully saturated rings. The Morgan fingerprint density at radius 3 is 2.72 bits per heavy atom. The number of nitrogens with zero attached hydrogens (tertiary/aromatic N) is 4. The maximum absolute atomic E-state index is 12.5. The van der Waals surface area contributed by atoms with Crippen molar-refractivity contribution in [3.05, 3.63) is 54.0 Å². The summed E-state index contributed by atoms with van der Waals surface area (Å²) in [5, 5.41) is 5.44. The molecule has 7 heteroatoms. The number of carbonyl (C=O) groups is 2. The van der Waals surface area contributed by atoms with Crippen LogP contribution < -0.4 is 0 Å². The lowest BCUT2D eigenvalue weighted by Crippen LogP contribution is -2.46. The predicted molar refractivity (Wildman–Crippen MR) is 108 cm³/mol. The molecule has 5 rings (SSSR count). The fourth-order valence-corrected chi connectivity index (χ4v) is 4.54. The molecule has 0 aliphatic carbocycles. The van der Waals surface area contributed by atoms with E-state index in [2.05, 4.69) is 16.1 Å². The summed E-state index contributed by atoms with van der Waals surface area (Å²) in [6, 6.07) is 11.4. The number of piperidine rings is 1. The highest BCUT2D eigenvalue weighted by Gasteiger charge is 2.30. The summed E-state index contributed by atoms with van der Waals surface area (Å²) in [5.74, 6) is 0.324. The topological polar surface area (TPSA) is 71.6 Å². The number of fused-ring (bicyclic) bond motifs is 2. The normalized spacial score (nSPS) is 18.6. The molecular weight excluding hydrogens is 368 g/mol. The zero-order valence-corrected chi connectivity index (χ0v) is 16.3. The van der Waals surface area contributed by atoms with Gasteiger partial charge in [-0.1, -0.05) is 17.3 Å². The molecule has 1 saturated heterocycles. The Morgan fingerprint density at radius 2 is 1.86 bits per heavy atom. The Bertz CT molecular complexity index is 1050. The van der Waals surface area contributed by atoms with E-state index in [0.717, 1.165) is 61.3 Å². The smallest absolute Gasteiger partial charge is 0.335 e. The van der Waals surface area contributed by atoms with Gasteiger partial charge in [0.1, 0.15) is 0 Å². The van der Waals surface area contributed by atoms with Gasteiger partial charge in [-0.3, -0.25) is 14.3 Å². The Labute approximate surface area is 168 Å². The summed E-state index contributed by atoms with van der Waals surface area (Å²) in [6.07, 6.45) is 4.92. The largest absolute Gasteiger partial charge is 0.356 e. The molecule has 0 spiro atoms. The number of hydrogen-bond donors (Lipinski definition) is 0. The number of benzene rings is 1. The lowest BCUT2D eigenvalue weighted by atomic mass is 9.91. The van der Waals surface area contributed by atoms with Gasteiger partial charge in [0.25, 0.3) is 0 Å². The van der Waals surface area contributed by atoms with E-state index >= 15 is 0 Å². The first-order chi connectivity index (χ1) is 14.2. The number of rotatable bonds is 5. The number of likely N-dealkylation sites (tertiary alicyclic amines) is 1. The van der Waals surface area contributed by atoms with E-state index in [4.69, 9.17) is 4.52 Å². The molecule has 29 heavy (non-hydrogen) atoms. The molecule has 0 radical (unpaired) electrons. The number of imide groups is 1. The number of aromatic nitrogens is 2. The van der Waals surface area contributed by atoms with Crippen molar-refractivity contribution in [1.82, 2.24) is 19.5 Å². The maximum Gasteiger partial charge on any atom is 0.335 e. The van der Waals surface area contributed by atoms with Gasteiger partial charge in [0.2, 0.25) is 5.91 Å². The van der Waals surface area contributed by atoms with Gasteiger partial charge in [0.15, 0.2) is 5.58 Å². The van der Waals surface area contributed by atoms with Crippen molar-refractivity contribution in [3.8, 4) is 0 Å². The average molecular weight is 392 g/mol. The van der Waals surface area contributed by atoms with Gasteiger partial charge in [-0.2, -0.15) is 0 Å². The highest BCUT2D eigenvalue weighted by atomic mass is 16.5. The van der Waals surface area contributed by atoms with Crippen LogP contribution >= 0.6 is 0 Å². The monoisotopic (exact) mass is 392 g/mol. The van der Waals surface area contributed by atoms with Crippen LogP contribution in [0.4, 0.5) is 4.79 Å². The van der Waals surface area contributed by atoms with Crippen molar-refractivity contribution < 1.29 is 14.1 Å². The Kier molecular flexibility index (Phi) is 4.67. The van der Waals surface area contributed by atoms with Crippen LogP contribution in [0.5, 0.6) is 0 Å². The number of para-hydroxylation sites is 1. The number of amides is 2. The van der Waals surface area contributed by atoms with Crippen LogP contribution in [-0.4, -0.2) is 57.6 Å². The first kappa shape index (κ1) is 18.1. The summed E-state index contributed by atoms with van der Waals surface area (Å²) in [7, 11) is 0. The third-order valence-corrected chi connectivity index (χ3v) is 6.14. The van der Waals surface area contributed by atoms with Gasteiger partial charge in [-0.05, 0) is 63.2 Å². The molecule has 7 nitrogen and oxygen atoms in total. The molecule has 2 aromatic heterocycles. The average Bonchev–Trinajstić information content (AvgIpc) is 3.38. The highest BCUT2D eigenvalue weighted by Crippen LogP contribution is 2.32. The van der Waals surface area contributed by atoms with Crippen molar-refractivity contribution in [3.63, 3.8) is 0 Å². The molecule has 0 atom stereocenters. The van der Waals surface area contributed by atoms with Crippen molar-refractivity contribution in [2.75, 3.05) is 26.2 Å². The quantitative estimate of drug-likeness (QED) is 0.667. The molecule has 4 heterocycles. The summed E-state index contributed by atoms with van der Waals surface area (Å²) in [4.78, 5) is 28.6. The van der Waals surface area contributed by atoms with Gasteiger partial charge in [-0.15, -0.1) is 0 Å². The van der Waals surface area contributed by atoms with Crippen LogP contribution in [0.25, 0.3) is 11.0 Å². The standard InChI is InChI=1S/C22H24N4O3/c27-20-15-17-5-3-11-25(17)22(28)26(20)12-4-10-24-13-8-16(9-14-24)21-18-6-1-2-7-19(18)29-23-21/h1-3,5-7,11,16H,4,8-10,12-15H2. The third-order valence-electron chi connectivity index (χ3n) is 6.14. The number of hydrogen-bond acceptors (Lipinski definition) is 5. The van der Waals surface area contributed by atoms with Crippen molar-refractivity contribution in [2.45, 2.75) is 31.6 Å². The second-order valence-electron chi connectivity index (χ2n) is 7.91. The fraction of sp³-hybridized carbons (Fsp3) is 0.409. The Morgan fingerprint density at radius 1 is 1.03 bits per heavy atom. The summed E-state index contributed by atoms with van der Waals surface area (Å²) < 4.78 is 7.04. The minimum atomic E-state index is -0.224. The molecule has 0 bridgehead atoms. The summed E-state index contributed by atoms with van der Waals surface area (Å²) >= 11 is 0. The molecule has 0 N–H and O–H groups in total. The van der Waals surface area contributed by atoms with E-state index in [-0.39, 0.29) is 11.9 Å². The second-order valence-corrected chi connectivity index (χ2v) is 7.91. The van der Waals surface area contributed by atoms with Crippen LogP contribution in [0, 0.1) is 0 Å². The Hall–Kier alpha value is -2.93. The molecule has 0 saturated carbocycles. The molecule has 2 aliphatic heterocycles. The van der Waals surface area contributed by atoms with Crippen molar-refractivity contribution >= 4 is 22.9 Å². The molecule has 2 amide bonds. The maximum atomic E-state index is 12.5. The summed E-state index contributed by atoms with van der Waals surface area (Å²) in [6.45, 7) is 3.36. The van der Waals surface area contributed by atoms with Gasteiger partial charge >= 0.3 is 6.03 Å². The zero-order valence-electron chi connectivity index (χ0n) is 16.3. The van der Waals surface area contributed by atoms with Crippen LogP contribution in [0.15, 0.2) is 47.1 Å². The summed E-state index contributed by atoms with van der Waals surface area (Å²) in [5.41, 5.74) is 2.71. The van der Waals surface area contributed by atoms with E-state index in [0.29, 0.717) is 18.9 Å². The fourth-order valence-electron chi connectivity index (χ4n) is 4.54. The minimum absolute atomic E-state index is 0.0992. The van der Waals surface area contributed by atoms with Crippen LogP contribution in [0.1, 0.15) is 36.6 Å². The minimum Gasteiger partial charge on any atom is -0.356 e. The lowest BCUT2D eigenvalue weighted by Gasteiger charge is -2.32. The molecule has 150 valence electrons. The first-order valence-electron chi connectivity index (χ1n) is 10.3. The first-order valence-corrected chi connectivity index (χ1v) is 10.3. The molecule has 3 aromatic rings. The number of carbonyl (C=O) groups excluding carboxylic acids is 2. The van der Waals surface area contributed by atoms with E-state index in [1.54, 1.807) is 10.8 Å². The molecule has 2 aliphatic rings. The predicted octanol–water partition coefficient (Wildman–Crippen LogP) is 3.25. The second kappa shape index (κ2) is 7.48. The Balaban J connectivity index is 1.13.